The number of aromatic nitrogens is 1. The first-order valence-corrected chi connectivity index (χ1v) is 8.58. The zero-order valence-electron chi connectivity index (χ0n) is 11.6. The molecule has 20 heavy (non-hydrogen) atoms. The molecule has 1 N–H and O–H groups in total. The third-order valence-corrected chi connectivity index (χ3v) is 4.46. The van der Waals surface area contributed by atoms with E-state index >= 15 is 0 Å². The number of benzene rings is 1. The topological polar surface area (TPSA) is 72.2 Å². The van der Waals surface area contributed by atoms with Gasteiger partial charge >= 0.3 is 0 Å². The lowest BCUT2D eigenvalue weighted by Crippen LogP contribution is -2.27. The monoisotopic (exact) mass is 296 g/mol. The minimum atomic E-state index is -3.12. The molecule has 1 aromatic heterocycles. The van der Waals surface area contributed by atoms with Crippen molar-refractivity contribution in [2.24, 2.45) is 0 Å². The molecule has 2 rings (SSSR count). The van der Waals surface area contributed by atoms with E-state index in [1.54, 1.807) is 0 Å². The number of fused-ring (bicyclic) bond motifs is 1. The first kappa shape index (κ1) is 15.0. The van der Waals surface area contributed by atoms with Gasteiger partial charge in [0.1, 0.15) is 5.52 Å². The van der Waals surface area contributed by atoms with Crippen LogP contribution in [0.3, 0.4) is 0 Å². The van der Waals surface area contributed by atoms with Crippen LogP contribution in [0, 0.1) is 0 Å². The summed E-state index contributed by atoms with van der Waals surface area (Å²) in [6.07, 6.45) is 2.88. The van der Waals surface area contributed by atoms with Gasteiger partial charge in [0.2, 0.25) is 10.0 Å². The summed E-state index contributed by atoms with van der Waals surface area (Å²) in [5.41, 5.74) is 1.61. The summed E-state index contributed by atoms with van der Waals surface area (Å²) < 4.78 is 31.4. The summed E-state index contributed by atoms with van der Waals surface area (Å²) in [5, 5.41) is 0. The number of rotatable bonds is 8. The lowest BCUT2D eigenvalue weighted by atomic mass is 10.3. The fourth-order valence-electron chi connectivity index (χ4n) is 1.90. The Bertz CT molecular complexity index is 616. The second-order valence-electron chi connectivity index (χ2n) is 4.75. The highest BCUT2D eigenvalue weighted by Crippen LogP contribution is 2.15. The Morgan fingerprint density at radius 3 is 2.80 bits per heavy atom. The molecule has 2 aromatic rings. The fourth-order valence-corrected chi connectivity index (χ4v) is 3.17. The average molecular weight is 296 g/mol. The molecular formula is C14H20N2O3S. The lowest BCUT2D eigenvalue weighted by Gasteiger charge is -2.04. The number of hydrogen-bond acceptors (Lipinski definition) is 4. The van der Waals surface area contributed by atoms with E-state index in [9.17, 15) is 8.42 Å². The Morgan fingerprint density at radius 2 is 2.05 bits per heavy atom. The summed E-state index contributed by atoms with van der Waals surface area (Å²) in [6, 6.07) is 7.59. The molecule has 0 aliphatic heterocycles. The van der Waals surface area contributed by atoms with Gasteiger partial charge in [0.05, 0.1) is 5.75 Å². The highest BCUT2D eigenvalue weighted by atomic mass is 32.2. The summed E-state index contributed by atoms with van der Waals surface area (Å²) in [6.45, 7) is 2.40. The molecule has 0 aliphatic carbocycles. The molecule has 5 nitrogen and oxygen atoms in total. The zero-order chi connectivity index (χ0) is 14.4. The van der Waals surface area contributed by atoms with Crippen LogP contribution in [0.5, 0.6) is 0 Å². The maximum atomic E-state index is 11.6. The van der Waals surface area contributed by atoms with Crippen molar-refractivity contribution in [1.82, 2.24) is 9.71 Å². The van der Waals surface area contributed by atoms with Crippen LogP contribution in [0.1, 0.15) is 32.1 Å². The van der Waals surface area contributed by atoms with E-state index in [2.05, 4.69) is 9.71 Å². The van der Waals surface area contributed by atoms with Crippen LogP contribution in [-0.4, -0.2) is 25.7 Å². The van der Waals surface area contributed by atoms with E-state index in [0.29, 0.717) is 31.7 Å². The average Bonchev–Trinajstić information content (AvgIpc) is 2.84. The lowest BCUT2D eigenvalue weighted by molar-refractivity contribution is 0.516. The Kier molecular flexibility index (Phi) is 5.14. The van der Waals surface area contributed by atoms with Gasteiger partial charge in [-0.05, 0) is 25.0 Å². The molecule has 0 spiro atoms. The zero-order valence-corrected chi connectivity index (χ0v) is 12.4. The molecule has 1 heterocycles. The number of sulfonamides is 1. The Balaban J connectivity index is 1.78. The molecule has 0 amide bonds. The summed E-state index contributed by atoms with van der Waals surface area (Å²) in [7, 11) is -3.12. The van der Waals surface area contributed by atoms with Crippen LogP contribution in [0.4, 0.5) is 0 Å². The number of aryl methyl sites for hydroxylation is 1. The van der Waals surface area contributed by atoms with Crippen LogP contribution in [-0.2, 0) is 16.4 Å². The van der Waals surface area contributed by atoms with Gasteiger partial charge in [-0.15, -0.1) is 0 Å². The van der Waals surface area contributed by atoms with E-state index in [1.165, 1.54) is 0 Å². The van der Waals surface area contributed by atoms with Crippen LogP contribution in [0.2, 0.25) is 0 Å². The van der Waals surface area contributed by atoms with Gasteiger partial charge in [0.15, 0.2) is 11.5 Å². The first-order valence-electron chi connectivity index (χ1n) is 6.92. The normalized spacial score (nSPS) is 12.1. The fraction of sp³-hybridized carbons (Fsp3) is 0.500. The second kappa shape index (κ2) is 6.85. The molecule has 0 aliphatic rings. The van der Waals surface area contributed by atoms with Gasteiger partial charge in [-0.25, -0.2) is 18.1 Å². The Hall–Kier alpha value is -1.40. The van der Waals surface area contributed by atoms with Crippen molar-refractivity contribution in [3.63, 3.8) is 0 Å². The van der Waals surface area contributed by atoms with Crippen molar-refractivity contribution in [3.8, 4) is 0 Å². The third kappa shape index (κ3) is 4.31. The van der Waals surface area contributed by atoms with Crippen molar-refractivity contribution < 1.29 is 12.8 Å². The molecule has 0 unspecified atom stereocenters. The molecule has 6 heteroatoms. The minimum Gasteiger partial charge on any atom is -0.441 e. The smallest absolute Gasteiger partial charge is 0.211 e. The van der Waals surface area contributed by atoms with E-state index in [4.69, 9.17) is 4.42 Å². The van der Waals surface area contributed by atoms with Crippen LogP contribution >= 0.6 is 0 Å². The van der Waals surface area contributed by atoms with Crippen molar-refractivity contribution in [3.05, 3.63) is 30.2 Å². The molecule has 1 aromatic carbocycles. The number of nitrogens with one attached hydrogen (secondary N) is 1. The van der Waals surface area contributed by atoms with Crippen LogP contribution in [0.15, 0.2) is 28.7 Å². The highest BCUT2D eigenvalue weighted by molar-refractivity contribution is 7.89. The first-order chi connectivity index (χ1) is 9.61. The molecule has 0 fully saturated rings. The number of para-hydroxylation sites is 2. The van der Waals surface area contributed by atoms with Gasteiger partial charge < -0.3 is 4.42 Å². The highest BCUT2D eigenvalue weighted by Gasteiger charge is 2.09. The van der Waals surface area contributed by atoms with Crippen LogP contribution in [0.25, 0.3) is 11.1 Å². The molecular weight excluding hydrogens is 276 g/mol. The number of unbranched alkanes of at least 4 members (excludes halogenated alkanes) is 1. The molecule has 0 atom stereocenters. The number of hydrogen-bond donors (Lipinski definition) is 1. The van der Waals surface area contributed by atoms with E-state index in [-0.39, 0.29) is 5.75 Å². The maximum Gasteiger partial charge on any atom is 0.211 e. The second-order valence-corrected chi connectivity index (χ2v) is 6.67. The van der Waals surface area contributed by atoms with Gasteiger partial charge in [-0.3, -0.25) is 0 Å². The van der Waals surface area contributed by atoms with Crippen molar-refractivity contribution in [2.75, 3.05) is 12.3 Å². The van der Waals surface area contributed by atoms with E-state index in [0.717, 1.165) is 17.5 Å². The van der Waals surface area contributed by atoms with Gasteiger partial charge in [-0.1, -0.05) is 25.5 Å². The molecule has 0 saturated carbocycles. The Labute approximate surface area is 119 Å². The van der Waals surface area contributed by atoms with Crippen molar-refractivity contribution in [2.45, 2.75) is 32.6 Å². The maximum absolute atomic E-state index is 11.6. The van der Waals surface area contributed by atoms with Gasteiger partial charge in [-0.2, -0.15) is 0 Å². The van der Waals surface area contributed by atoms with E-state index < -0.39 is 10.0 Å². The molecule has 0 radical (unpaired) electrons. The molecule has 0 bridgehead atoms. The van der Waals surface area contributed by atoms with Crippen molar-refractivity contribution in [1.29, 1.82) is 0 Å². The summed E-state index contributed by atoms with van der Waals surface area (Å²) in [5.74, 6) is 0.853. The Morgan fingerprint density at radius 1 is 1.25 bits per heavy atom. The third-order valence-electron chi connectivity index (χ3n) is 2.99. The minimum absolute atomic E-state index is 0.201. The number of nitrogens with zero attached hydrogens (tertiary/aromatic N) is 1. The SMILES string of the molecule is CCCCS(=O)(=O)NCCCc1nc2ccccc2o1. The van der Waals surface area contributed by atoms with Gasteiger partial charge in [0, 0.05) is 13.0 Å². The molecule has 110 valence electrons. The standard InChI is InChI=1S/C14H20N2O3S/c1-2-3-11-20(17,18)15-10-6-9-14-16-12-7-4-5-8-13(12)19-14/h4-5,7-8,15H,2-3,6,9-11H2,1H3. The predicted molar refractivity (Wildman–Crippen MR) is 79.0 cm³/mol. The largest absolute Gasteiger partial charge is 0.441 e. The summed E-state index contributed by atoms with van der Waals surface area (Å²) in [4.78, 5) is 4.35. The summed E-state index contributed by atoms with van der Waals surface area (Å²) >= 11 is 0. The molecule has 0 saturated heterocycles. The predicted octanol–water partition coefficient (Wildman–Crippen LogP) is 2.48. The van der Waals surface area contributed by atoms with Gasteiger partial charge in [0.25, 0.3) is 0 Å². The van der Waals surface area contributed by atoms with E-state index in [1.807, 2.05) is 31.2 Å². The quantitative estimate of drug-likeness (QED) is 0.760. The number of oxazole rings is 1. The van der Waals surface area contributed by atoms with Crippen molar-refractivity contribution >= 4 is 21.1 Å². The van der Waals surface area contributed by atoms with Crippen LogP contribution < -0.4 is 4.72 Å².